The molecule has 2 heterocycles. The fourth-order valence-electron chi connectivity index (χ4n) is 4.75. The number of rotatable bonds is 11. The maximum atomic E-state index is 13.6. The van der Waals surface area contributed by atoms with E-state index >= 15 is 0 Å². The quantitative estimate of drug-likeness (QED) is 0.378. The van der Waals surface area contributed by atoms with Gasteiger partial charge in [0.25, 0.3) is 0 Å². The first-order valence-electron chi connectivity index (χ1n) is 12.6. The molecule has 8 nitrogen and oxygen atoms in total. The van der Waals surface area contributed by atoms with Crippen molar-refractivity contribution in [3.63, 3.8) is 0 Å². The van der Waals surface area contributed by atoms with E-state index < -0.39 is 0 Å². The highest BCUT2D eigenvalue weighted by atomic mass is 19.1. The SMILES string of the molecule is N#Cc1ccccc1-c1ccc(N(C=O)CC2CCCN(CCO)C2=O)c(NCCc2cccc(F)c2)n1. The minimum atomic E-state index is -0.389. The standard InChI is InChI=1S/C29H30FN5O3/c30-24-8-3-5-21(17-24)12-13-32-28-27(11-10-26(33-28)25-9-2-1-6-22(25)18-31)35(20-37)19-23-7-4-14-34(15-16-36)29(23)38/h1-3,5-6,8-11,17,20,23,36H,4,7,12-16,19H2,(H,32,33). The van der Waals surface area contributed by atoms with Crippen LogP contribution in [0.5, 0.6) is 0 Å². The van der Waals surface area contributed by atoms with Crippen LogP contribution in [0.4, 0.5) is 15.9 Å². The number of aliphatic hydroxyl groups excluding tert-OH is 1. The molecule has 0 radical (unpaired) electrons. The van der Waals surface area contributed by atoms with Crippen LogP contribution in [0, 0.1) is 23.1 Å². The second-order valence-electron chi connectivity index (χ2n) is 9.17. The van der Waals surface area contributed by atoms with Crippen molar-refractivity contribution in [3.05, 3.63) is 77.6 Å². The number of pyridine rings is 1. The lowest BCUT2D eigenvalue weighted by Gasteiger charge is -2.34. The van der Waals surface area contributed by atoms with E-state index in [2.05, 4.69) is 11.4 Å². The number of anilines is 2. The summed E-state index contributed by atoms with van der Waals surface area (Å²) >= 11 is 0. The van der Waals surface area contributed by atoms with Crippen LogP contribution in [0.3, 0.4) is 0 Å². The molecule has 2 amide bonds. The Labute approximate surface area is 221 Å². The number of hydrogen-bond donors (Lipinski definition) is 2. The number of nitrogens with one attached hydrogen (secondary N) is 1. The highest BCUT2D eigenvalue weighted by Gasteiger charge is 2.30. The number of β-amino-alcohol motifs (C(OH)–C–C–N with tert-alkyl or cyclic N) is 1. The van der Waals surface area contributed by atoms with Crippen LogP contribution in [-0.2, 0) is 16.0 Å². The molecule has 1 unspecified atom stereocenters. The molecular formula is C29H30FN5O3. The van der Waals surface area contributed by atoms with E-state index in [0.717, 1.165) is 12.0 Å². The van der Waals surface area contributed by atoms with Gasteiger partial charge in [0, 0.05) is 31.7 Å². The minimum absolute atomic E-state index is 0.0784. The van der Waals surface area contributed by atoms with E-state index in [1.165, 1.54) is 17.0 Å². The Morgan fingerprint density at radius 3 is 2.82 bits per heavy atom. The maximum absolute atomic E-state index is 13.6. The highest BCUT2D eigenvalue weighted by molar-refractivity contribution is 5.86. The van der Waals surface area contributed by atoms with Crippen molar-refractivity contribution in [2.75, 3.05) is 43.0 Å². The summed E-state index contributed by atoms with van der Waals surface area (Å²) in [5.41, 5.74) is 3.02. The van der Waals surface area contributed by atoms with Crippen LogP contribution >= 0.6 is 0 Å². The molecule has 1 fully saturated rings. The Kier molecular flexibility index (Phi) is 9.01. The van der Waals surface area contributed by atoms with Crippen molar-refractivity contribution < 1.29 is 19.1 Å². The van der Waals surface area contributed by atoms with E-state index in [1.54, 1.807) is 35.2 Å². The van der Waals surface area contributed by atoms with Crippen molar-refractivity contribution in [3.8, 4) is 17.3 Å². The summed E-state index contributed by atoms with van der Waals surface area (Å²) in [6.45, 7) is 1.37. The molecule has 4 rings (SSSR count). The summed E-state index contributed by atoms with van der Waals surface area (Å²) in [6, 6.07) is 19.2. The van der Waals surface area contributed by atoms with Crippen LogP contribution < -0.4 is 10.2 Å². The van der Waals surface area contributed by atoms with E-state index in [-0.39, 0.29) is 37.3 Å². The van der Waals surface area contributed by atoms with Gasteiger partial charge in [-0.1, -0.05) is 30.3 Å². The Morgan fingerprint density at radius 1 is 1.21 bits per heavy atom. The molecule has 2 aromatic carbocycles. The number of likely N-dealkylation sites (tertiary alicyclic amines) is 1. The molecule has 0 saturated carbocycles. The lowest BCUT2D eigenvalue weighted by atomic mass is 9.96. The van der Waals surface area contributed by atoms with Gasteiger partial charge in [0.05, 0.1) is 35.5 Å². The molecule has 9 heteroatoms. The van der Waals surface area contributed by atoms with E-state index in [0.29, 0.717) is 60.7 Å². The average molecular weight is 516 g/mol. The zero-order valence-corrected chi connectivity index (χ0v) is 21.0. The molecular weight excluding hydrogens is 485 g/mol. The summed E-state index contributed by atoms with van der Waals surface area (Å²) in [6.07, 6.45) is 2.66. The smallest absolute Gasteiger partial charge is 0.227 e. The Balaban J connectivity index is 1.62. The Morgan fingerprint density at radius 2 is 2.05 bits per heavy atom. The monoisotopic (exact) mass is 515 g/mol. The number of benzene rings is 2. The largest absolute Gasteiger partial charge is 0.395 e. The lowest BCUT2D eigenvalue weighted by molar-refractivity contribution is -0.138. The normalized spacial score (nSPS) is 15.1. The molecule has 1 saturated heterocycles. The molecule has 1 atom stereocenters. The van der Waals surface area contributed by atoms with E-state index in [1.807, 2.05) is 18.2 Å². The molecule has 2 N–H and O–H groups in total. The van der Waals surface area contributed by atoms with E-state index in [4.69, 9.17) is 4.98 Å². The minimum Gasteiger partial charge on any atom is -0.395 e. The number of nitriles is 1. The first-order chi connectivity index (χ1) is 18.5. The lowest BCUT2D eigenvalue weighted by Crippen LogP contribution is -2.46. The molecule has 196 valence electrons. The number of aliphatic hydroxyl groups is 1. The summed E-state index contributed by atoms with van der Waals surface area (Å²) in [4.78, 5) is 33.1. The summed E-state index contributed by atoms with van der Waals surface area (Å²) in [5, 5.41) is 22.1. The van der Waals surface area contributed by atoms with Crippen LogP contribution in [0.1, 0.15) is 24.0 Å². The average Bonchev–Trinajstić information content (AvgIpc) is 2.94. The molecule has 0 spiro atoms. The number of halogens is 1. The third-order valence-corrected chi connectivity index (χ3v) is 6.66. The first kappa shape index (κ1) is 26.8. The fourth-order valence-corrected chi connectivity index (χ4v) is 4.75. The third-order valence-electron chi connectivity index (χ3n) is 6.66. The van der Waals surface area contributed by atoms with Gasteiger partial charge in [0.1, 0.15) is 5.82 Å². The predicted molar refractivity (Wildman–Crippen MR) is 143 cm³/mol. The topological polar surface area (TPSA) is 110 Å². The molecule has 38 heavy (non-hydrogen) atoms. The number of aromatic nitrogens is 1. The first-order valence-corrected chi connectivity index (χ1v) is 12.6. The Bertz CT molecular complexity index is 1320. The van der Waals surface area contributed by atoms with Crippen molar-refractivity contribution in [2.45, 2.75) is 19.3 Å². The molecule has 0 aliphatic carbocycles. The fraction of sp³-hybridized carbons (Fsp3) is 0.310. The van der Waals surface area contributed by atoms with Gasteiger partial charge in [0.15, 0.2) is 5.82 Å². The summed E-state index contributed by atoms with van der Waals surface area (Å²) < 4.78 is 13.6. The van der Waals surface area contributed by atoms with Gasteiger partial charge >= 0.3 is 0 Å². The molecule has 1 aliphatic rings. The number of carbonyl (C=O) groups excluding carboxylic acids is 2. The zero-order valence-electron chi connectivity index (χ0n) is 21.0. The molecule has 0 bridgehead atoms. The van der Waals surface area contributed by atoms with Crippen molar-refractivity contribution >= 4 is 23.8 Å². The van der Waals surface area contributed by atoms with Crippen LogP contribution in [-0.4, -0.2) is 60.1 Å². The number of amides is 2. The zero-order chi connectivity index (χ0) is 26.9. The molecule has 3 aromatic rings. The Hall–Kier alpha value is -4.29. The van der Waals surface area contributed by atoms with Crippen molar-refractivity contribution in [2.24, 2.45) is 5.92 Å². The van der Waals surface area contributed by atoms with Crippen molar-refractivity contribution in [1.82, 2.24) is 9.88 Å². The van der Waals surface area contributed by atoms with Crippen LogP contribution in [0.25, 0.3) is 11.3 Å². The van der Waals surface area contributed by atoms with Gasteiger partial charge < -0.3 is 20.2 Å². The van der Waals surface area contributed by atoms with Gasteiger partial charge in [0.2, 0.25) is 12.3 Å². The molecule has 1 aliphatic heterocycles. The third kappa shape index (κ3) is 6.33. The van der Waals surface area contributed by atoms with Crippen molar-refractivity contribution in [1.29, 1.82) is 5.26 Å². The van der Waals surface area contributed by atoms with Gasteiger partial charge in [-0.2, -0.15) is 5.26 Å². The maximum Gasteiger partial charge on any atom is 0.227 e. The number of carbonyl (C=O) groups is 2. The van der Waals surface area contributed by atoms with Gasteiger partial charge in [-0.3, -0.25) is 9.59 Å². The van der Waals surface area contributed by atoms with Crippen LogP contribution in [0.15, 0.2) is 60.7 Å². The summed E-state index contributed by atoms with van der Waals surface area (Å²) in [7, 11) is 0. The van der Waals surface area contributed by atoms with Gasteiger partial charge in [-0.15, -0.1) is 0 Å². The number of nitrogens with zero attached hydrogens (tertiary/aromatic N) is 4. The van der Waals surface area contributed by atoms with E-state index in [9.17, 15) is 24.3 Å². The van der Waals surface area contributed by atoms with Gasteiger partial charge in [-0.05, 0) is 55.2 Å². The number of piperidine rings is 1. The molecule has 1 aromatic heterocycles. The summed E-state index contributed by atoms with van der Waals surface area (Å²) in [5.74, 6) is -0.352. The second-order valence-corrected chi connectivity index (χ2v) is 9.17. The van der Waals surface area contributed by atoms with Gasteiger partial charge in [-0.25, -0.2) is 9.37 Å². The second kappa shape index (κ2) is 12.8. The predicted octanol–water partition coefficient (Wildman–Crippen LogP) is 3.61. The van der Waals surface area contributed by atoms with Crippen LogP contribution in [0.2, 0.25) is 0 Å². The highest BCUT2D eigenvalue weighted by Crippen LogP contribution is 2.31. The number of hydrogen-bond acceptors (Lipinski definition) is 6.